The SMILES string of the molecule is CCCC[C@H](NC(=O)[C@H](CC(C)C)NC(=O)[C@H](CCc1ccccc1)NC(=O)CN1CCOCC1)C(=O)N[C@@H](CC(C)C)C(=O)[C@@]1(C)CO1. The smallest absolute Gasteiger partial charge is 0.243 e. The van der Waals surface area contributed by atoms with E-state index in [1.165, 1.54) is 0 Å². The minimum Gasteiger partial charge on any atom is -0.379 e. The van der Waals surface area contributed by atoms with Crippen molar-refractivity contribution < 1.29 is 33.4 Å². The van der Waals surface area contributed by atoms with E-state index < -0.39 is 47.5 Å². The van der Waals surface area contributed by atoms with Crippen LogP contribution in [0.4, 0.5) is 0 Å². The van der Waals surface area contributed by atoms with Gasteiger partial charge in [0, 0.05) is 13.1 Å². The van der Waals surface area contributed by atoms with Gasteiger partial charge in [-0.3, -0.25) is 28.9 Å². The van der Waals surface area contributed by atoms with Crippen molar-refractivity contribution >= 4 is 29.4 Å². The minimum atomic E-state index is -0.938. The molecule has 0 radical (unpaired) electrons. The maximum Gasteiger partial charge on any atom is 0.243 e. The number of nitrogens with one attached hydrogen (secondary N) is 4. The molecule has 1 aromatic carbocycles. The number of carbonyl (C=O) groups excluding carboxylic acids is 5. The number of epoxide rings is 1. The number of carbonyl (C=O) groups is 5. The Labute approximate surface area is 292 Å². The largest absolute Gasteiger partial charge is 0.379 e. The number of aryl methyl sites for hydroxylation is 1. The minimum absolute atomic E-state index is 0.0463. The number of morpholine rings is 1. The molecule has 274 valence electrons. The number of ketones is 1. The van der Waals surface area contributed by atoms with Gasteiger partial charge in [0.15, 0.2) is 5.78 Å². The summed E-state index contributed by atoms with van der Waals surface area (Å²) in [5, 5.41) is 11.6. The second-order valence-electron chi connectivity index (χ2n) is 14.5. The second-order valence-corrected chi connectivity index (χ2v) is 14.5. The Morgan fingerprint density at radius 1 is 0.776 bits per heavy atom. The molecule has 0 bridgehead atoms. The van der Waals surface area contributed by atoms with Gasteiger partial charge in [0.05, 0.1) is 32.4 Å². The molecule has 1 aromatic rings. The molecule has 2 fully saturated rings. The van der Waals surface area contributed by atoms with Crippen LogP contribution < -0.4 is 21.3 Å². The Kier molecular flexibility index (Phi) is 16.1. The van der Waals surface area contributed by atoms with Crippen molar-refractivity contribution in [3.63, 3.8) is 0 Å². The third-order valence-electron chi connectivity index (χ3n) is 8.95. The lowest BCUT2D eigenvalue weighted by Gasteiger charge is -2.29. The van der Waals surface area contributed by atoms with Crippen LogP contribution in [-0.4, -0.2) is 104 Å². The summed E-state index contributed by atoms with van der Waals surface area (Å²) in [4.78, 5) is 69.6. The fourth-order valence-corrected chi connectivity index (χ4v) is 5.95. The van der Waals surface area contributed by atoms with Gasteiger partial charge in [-0.15, -0.1) is 0 Å². The van der Waals surface area contributed by atoms with E-state index in [1.807, 2.05) is 69.9 Å². The van der Waals surface area contributed by atoms with E-state index in [0.717, 1.165) is 12.0 Å². The molecule has 0 aromatic heterocycles. The molecule has 4 N–H and O–H groups in total. The van der Waals surface area contributed by atoms with E-state index in [-0.39, 0.29) is 30.1 Å². The van der Waals surface area contributed by atoms with Crippen LogP contribution in [-0.2, 0) is 39.9 Å². The molecule has 5 atom stereocenters. The van der Waals surface area contributed by atoms with Crippen molar-refractivity contribution in [1.82, 2.24) is 26.2 Å². The van der Waals surface area contributed by atoms with Crippen molar-refractivity contribution in [2.45, 2.75) is 116 Å². The van der Waals surface area contributed by atoms with Crippen LogP contribution in [0.5, 0.6) is 0 Å². The summed E-state index contributed by atoms with van der Waals surface area (Å²) in [6.45, 7) is 14.4. The van der Waals surface area contributed by atoms with Gasteiger partial charge < -0.3 is 30.7 Å². The number of nitrogens with zero attached hydrogens (tertiary/aromatic N) is 1. The maximum atomic E-state index is 13.8. The van der Waals surface area contributed by atoms with Gasteiger partial charge in [0.1, 0.15) is 23.7 Å². The van der Waals surface area contributed by atoms with Gasteiger partial charge in [-0.25, -0.2) is 0 Å². The molecular weight excluding hydrogens is 626 g/mol. The zero-order valence-corrected chi connectivity index (χ0v) is 30.3. The van der Waals surface area contributed by atoms with Crippen molar-refractivity contribution in [3.8, 4) is 0 Å². The molecule has 2 aliphatic heterocycles. The number of benzene rings is 1. The summed E-state index contributed by atoms with van der Waals surface area (Å²) >= 11 is 0. The summed E-state index contributed by atoms with van der Waals surface area (Å²) in [7, 11) is 0. The zero-order chi connectivity index (χ0) is 36.0. The van der Waals surface area contributed by atoms with Gasteiger partial charge in [-0.1, -0.05) is 77.8 Å². The Morgan fingerprint density at radius 3 is 1.88 bits per heavy atom. The Balaban J connectivity index is 1.74. The zero-order valence-electron chi connectivity index (χ0n) is 30.3. The van der Waals surface area contributed by atoms with Gasteiger partial charge in [-0.05, 0) is 56.4 Å². The van der Waals surface area contributed by atoms with Crippen LogP contribution >= 0.6 is 0 Å². The lowest BCUT2D eigenvalue weighted by Crippen LogP contribution is -2.58. The van der Waals surface area contributed by atoms with Crippen LogP contribution in [0.1, 0.15) is 85.6 Å². The Hall–Kier alpha value is -3.35. The average molecular weight is 686 g/mol. The monoisotopic (exact) mass is 685 g/mol. The van der Waals surface area contributed by atoms with Crippen molar-refractivity contribution in [2.75, 3.05) is 39.5 Å². The average Bonchev–Trinajstić information content (AvgIpc) is 3.82. The predicted molar refractivity (Wildman–Crippen MR) is 188 cm³/mol. The fraction of sp³-hybridized carbons (Fsp3) is 0.703. The summed E-state index contributed by atoms with van der Waals surface area (Å²) in [5.74, 6) is -1.62. The number of unbranched alkanes of at least 4 members (excludes halogenated alkanes) is 1. The first-order valence-corrected chi connectivity index (χ1v) is 18.0. The maximum absolute atomic E-state index is 13.8. The van der Waals surface area contributed by atoms with Crippen LogP contribution in [0.15, 0.2) is 30.3 Å². The highest BCUT2D eigenvalue weighted by Gasteiger charge is 2.50. The Bertz CT molecular complexity index is 1230. The van der Waals surface area contributed by atoms with E-state index in [1.54, 1.807) is 6.92 Å². The Morgan fingerprint density at radius 2 is 1.31 bits per heavy atom. The third kappa shape index (κ3) is 13.8. The number of rotatable bonds is 21. The molecule has 12 nitrogen and oxygen atoms in total. The van der Waals surface area contributed by atoms with E-state index in [0.29, 0.717) is 71.4 Å². The van der Waals surface area contributed by atoms with E-state index in [9.17, 15) is 24.0 Å². The lowest BCUT2D eigenvalue weighted by atomic mass is 9.93. The molecule has 49 heavy (non-hydrogen) atoms. The van der Waals surface area contributed by atoms with E-state index in [4.69, 9.17) is 9.47 Å². The first kappa shape index (κ1) is 40.1. The molecular formula is C37H59N5O7. The molecule has 4 amide bonds. The predicted octanol–water partition coefficient (Wildman–Crippen LogP) is 2.53. The summed E-state index contributed by atoms with van der Waals surface area (Å²) < 4.78 is 10.8. The molecule has 0 saturated carbocycles. The number of amides is 4. The highest BCUT2D eigenvalue weighted by atomic mass is 16.6. The van der Waals surface area contributed by atoms with Crippen LogP contribution in [0.3, 0.4) is 0 Å². The molecule has 3 rings (SSSR count). The van der Waals surface area contributed by atoms with Gasteiger partial charge >= 0.3 is 0 Å². The highest BCUT2D eigenvalue weighted by Crippen LogP contribution is 2.29. The first-order valence-electron chi connectivity index (χ1n) is 18.0. The molecule has 0 aliphatic carbocycles. The normalized spacial score (nSPS) is 20.2. The quantitative estimate of drug-likeness (QED) is 0.144. The first-order chi connectivity index (χ1) is 23.3. The third-order valence-corrected chi connectivity index (χ3v) is 8.95. The summed E-state index contributed by atoms with van der Waals surface area (Å²) in [6, 6.07) is 6.28. The van der Waals surface area contributed by atoms with Crippen molar-refractivity contribution in [2.24, 2.45) is 11.8 Å². The molecule has 2 saturated heterocycles. The molecule has 0 spiro atoms. The van der Waals surface area contributed by atoms with Crippen LogP contribution in [0.2, 0.25) is 0 Å². The van der Waals surface area contributed by atoms with E-state index >= 15 is 0 Å². The standard InChI is InChI=1S/C37H59N5O7/c1-7-8-14-28(34(45)40-30(21-25(2)3)33(44)37(6)24-49-37)39-36(47)31(22-26(4)5)41-35(46)29(16-15-27-12-10-9-11-13-27)38-32(43)23-42-17-19-48-20-18-42/h9-13,25-26,28-31H,7-8,14-24H2,1-6H3,(H,38,43)(H,39,47)(H,40,45)(H,41,46)/t28-,29-,30-,31-,37+/m0/s1. The second kappa shape index (κ2) is 19.7. The topological polar surface area (TPSA) is 158 Å². The van der Waals surface area contributed by atoms with Crippen molar-refractivity contribution in [3.05, 3.63) is 35.9 Å². The molecule has 2 aliphatic rings. The molecule has 0 unspecified atom stereocenters. The van der Waals surface area contributed by atoms with Crippen LogP contribution in [0.25, 0.3) is 0 Å². The number of Topliss-reactive ketones (excluding diaryl/α,β-unsaturated/α-hetero) is 1. The number of hydrogen-bond acceptors (Lipinski definition) is 8. The fourth-order valence-electron chi connectivity index (χ4n) is 5.95. The van der Waals surface area contributed by atoms with E-state index in [2.05, 4.69) is 21.3 Å². The lowest BCUT2D eigenvalue weighted by molar-refractivity contribution is -0.135. The summed E-state index contributed by atoms with van der Waals surface area (Å²) in [6.07, 6.45) is 3.54. The number of ether oxygens (including phenoxy) is 2. The van der Waals surface area contributed by atoms with Crippen LogP contribution in [0, 0.1) is 11.8 Å². The van der Waals surface area contributed by atoms with Crippen molar-refractivity contribution in [1.29, 1.82) is 0 Å². The molecule has 2 heterocycles. The highest BCUT2D eigenvalue weighted by molar-refractivity contribution is 5.98. The molecule has 12 heteroatoms. The van der Waals surface area contributed by atoms with Gasteiger partial charge in [-0.2, -0.15) is 0 Å². The number of hydrogen-bond donors (Lipinski definition) is 4. The summed E-state index contributed by atoms with van der Waals surface area (Å²) in [5.41, 5.74) is 0.136. The van der Waals surface area contributed by atoms with Gasteiger partial charge in [0.2, 0.25) is 23.6 Å². The van der Waals surface area contributed by atoms with Gasteiger partial charge in [0.25, 0.3) is 0 Å².